The van der Waals surface area contributed by atoms with E-state index in [1.807, 2.05) is 18.2 Å². The first kappa shape index (κ1) is 13.7. The van der Waals surface area contributed by atoms with Crippen LogP contribution in [0.3, 0.4) is 0 Å². The van der Waals surface area contributed by atoms with Crippen LogP contribution in [0.4, 0.5) is 5.69 Å². The summed E-state index contributed by atoms with van der Waals surface area (Å²) in [7, 11) is 1.40. The lowest BCUT2D eigenvalue weighted by molar-refractivity contribution is 0.0602. The van der Waals surface area contributed by atoms with Gasteiger partial charge >= 0.3 is 5.97 Å². The zero-order chi connectivity index (χ0) is 14.7. The second-order valence-electron chi connectivity index (χ2n) is 5.41. The van der Waals surface area contributed by atoms with E-state index in [1.54, 1.807) is 6.07 Å². The van der Waals surface area contributed by atoms with Crippen molar-refractivity contribution in [2.24, 2.45) is 0 Å². The number of benzene rings is 2. The number of nitrogens with one attached hydrogen (secondary N) is 1. The molecule has 0 radical (unpaired) electrons. The van der Waals surface area contributed by atoms with Gasteiger partial charge in [-0.15, -0.1) is 0 Å². The summed E-state index contributed by atoms with van der Waals surface area (Å²) in [6.07, 6.45) is 2.65. The zero-order valence-corrected chi connectivity index (χ0v) is 12.1. The molecule has 21 heavy (non-hydrogen) atoms. The van der Waals surface area contributed by atoms with Gasteiger partial charge in [0.1, 0.15) is 0 Å². The van der Waals surface area contributed by atoms with E-state index in [-0.39, 0.29) is 5.97 Å². The maximum atomic E-state index is 11.7. The van der Waals surface area contributed by atoms with E-state index in [0.29, 0.717) is 12.1 Å². The van der Waals surface area contributed by atoms with Crippen molar-refractivity contribution in [1.29, 1.82) is 0 Å². The fourth-order valence-corrected chi connectivity index (χ4v) is 2.45. The van der Waals surface area contributed by atoms with Crippen molar-refractivity contribution in [2.75, 3.05) is 12.4 Å². The second kappa shape index (κ2) is 6.00. The SMILES string of the molecule is COC(=O)c1ccccc1NCc1ccc(C2CC2)cc1. The van der Waals surface area contributed by atoms with Gasteiger partial charge in [-0.2, -0.15) is 0 Å². The third-order valence-corrected chi connectivity index (χ3v) is 3.84. The van der Waals surface area contributed by atoms with Crippen LogP contribution in [-0.4, -0.2) is 13.1 Å². The molecule has 3 rings (SSSR count). The fourth-order valence-electron chi connectivity index (χ4n) is 2.45. The Kier molecular flexibility index (Phi) is 3.91. The molecule has 0 aromatic heterocycles. The molecule has 3 nitrogen and oxygen atoms in total. The van der Waals surface area contributed by atoms with E-state index in [0.717, 1.165) is 11.6 Å². The number of methoxy groups -OCH3 is 1. The molecule has 0 bridgehead atoms. The van der Waals surface area contributed by atoms with Crippen LogP contribution in [0.1, 0.15) is 40.2 Å². The molecule has 108 valence electrons. The van der Waals surface area contributed by atoms with Crippen molar-refractivity contribution in [3.05, 3.63) is 65.2 Å². The summed E-state index contributed by atoms with van der Waals surface area (Å²) in [6, 6.07) is 16.1. The molecule has 2 aromatic carbocycles. The Hall–Kier alpha value is -2.29. The summed E-state index contributed by atoms with van der Waals surface area (Å²) in [4.78, 5) is 11.7. The number of esters is 1. The van der Waals surface area contributed by atoms with Gasteiger partial charge in [-0.05, 0) is 42.0 Å². The van der Waals surface area contributed by atoms with Gasteiger partial charge in [0.25, 0.3) is 0 Å². The number of rotatable bonds is 5. The average Bonchev–Trinajstić information content (AvgIpc) is 3.38. The lowest BCUT2D eigenvalue weighted by atomic mass is 10.1. The summed E-state index contributed by atoms with van der Waals surface area (Å²) in [5, 5.41) is 3.31. The number of hydrogen-bond donors (Lipinski definition) is 1. The fraction of sp³-hybridized carbons (Fsp3) is 0.278. The van der Waals surface area contributed by atoms with Crippen molar-refractivity contribution in [3.8, 4) is 0 Å². The van der Waals surface area contributed by atoms with Crippen LogP contribution in [0.25, 0.3) is 0 Å². The van der Waals surface area contributed by atoms with Crippen LogP contribution in [-0.2, 0) is 11.3 Å². The molecule has 0 aliphatic heterocycles. The molecule has 1 N–H and O–H groups in total. The van der Waals surface area contributed by atoms with Crippen molar-refractivity contribution >= 4 is 11.7 Å². The van der Waals surface area contributed by atoms with Crippen molar-refractivity contribution < 1.29 is 9.53 Å². The van der Waals surface area contributed by atoms with Crippen LogP contribution in [0, 0.1) is 0 Å². The predicted molar refractivity (Wildman–Crippen MR) is 83.5 cm³/mol. The average molecular weight is 281 g/mol. The van der Waals surface area contributed by atoms with Gasteiger partial charge in [-0.3, -0.25) is 0 Å². The summed E-state index contributed by atoms with van der Waals surface area (Å²) in [5.41, 5.74) is 4.01. The van der Waals surface area contributed by atoms with E-state index in [2.05, 4.69) is 29.6 Å². The lowest BCUT2D eigenvalue weighted by Crippen LogP contribution is -2.08. The highest BCUT2D eigenvalue weighted by Gasteiger charge is 2.22. The molecule has 1 aliphatic rings. The van der Waals surface area contributed by atoms with E-state index in [9.17, 15) is 4.79 Å². The summed E-state index contributed by atoms with van der Waals surface area (Å²) < 4.78 is 4.80. The summed E-state index contributed by atoms with van der Waals surface area (Å²) in [5.74, 6) is 0.467. The molecule has 0 spiro atoms. The van der Waals surface area contributed by atoms with Crippen molar-refractivity contribution in [2.45, 2.75) is 25.3 Å². The Labute approximate surface area is 124 Å². The minimum atomic E-state index is -0.317. The molecule has 0 heterocycles. The van der Waals surface area contributed by atoms with Gasteiger partial charge in [-0.25, -0.2) is 4.79 Å². The van der Waals surface area contributed by atoms with Gasteiger partial charge in [0.2, 0.25) is 0 Å². The molecule has 0 unspecified atom stereocenters. The molecule has 0 atom stereocenters. The third-order valence-electron chi connectivity index (χ3n) is 3.84. The monoisotopic (exact) mass is 281 g/mol. The van der Waals surface area contributed by atoms with Crippen LogP contribution >= 0.6 is 0 Å². The molecule has 1 saturated carbocycles. The number of para-hydroxylation sites is 1. The van der Waals surface area contributed by atoms with Crippen LogP contribution in [0.15, 0.2) is 48.5 Å². The minimum absolute atomic E-state index is 0.317. The Morgan fingerprint density at radius 1 is 1.14 bits per heavy atom. The van der Waals surface area contributed by atoms with Crippen LogP contribution in [0.2, 0.25) is 0 Å². The smallest absolute Gasteiger partial charge is 0.339 e. The molecular formula is C18H19NO2. The zero-order valence-electron chi connectivity index (χ0n) is 12.1. The highest BCUT2D eigenvalue weighted by Crippen LogP contribution is 2.39. The normalized spacial score (nSPS) is 13.8. The van der Waals surface area contributed by atoms with Crippen molar-refractivity contribution in [3.63, 3.8) is 0 Å². The number of hydrogen-bond acceptors (Lipinski definition) is 3. The molecule has 3 heteroatoms. The number of carbonyl (C=O) groups is 1. The van der Waals surface area contributed by atoms with Crippen LogP contribution < -0.4 is 5.32 Å². The Morgan fingerprint density at radius 2 is 1.86 bits per heavy atom. The Bertz CT molecular complexity index is 630. The second-order valence-corrected chi connectivity index (χ2v) is 5.41. The van der Waals surface area contributed by atoms with E-state index in [4.69, 9.17) is 4.74 Å². The number of ether oxygens (including phenoxy) is 1. The first-order valence-corrected chi connectivity index (χ1v) is 7.28. The van der Waals surface area contributed by atoms with Crippen molar-refractivity contribution in [1.82, 2.24) is 0 Å². The van der Waals surface area contributed by atoms with E-state index >= 15 is 0 Å². The van der Waals surface area contributed by atoms with Crippen LogP contribution in [0.5, 0.6) is 0 Å². The third kappa shape index (κ3) is 3.24. The first-order valence-electron chi connectivity index (χ1n) is 7.28. The molecule has 0 saturated heterocycles. The molecule has 0 amide bonds. The lowest BCUT2D eigenvalue weighted by Gasteiger charge is -2.11. The molecule has 2 aromatic rings. The molecule has 1 fully saturated rings. The highest BCUT2D eigenvalue weighted by molar-refractivity contribution is 5.95. The standard InChI is InChI=1S/C18H19NO2/c1-21-18(20)16-4-2-3-5-17(16)19-12-13-6-8-14(9-7-13)15-10-11-15/h2-9,15,19H,10-12H2,1H3. The summed E-state index contributed by atoms with van der Waals surface area (Å²) in [6.45, 7) is 0.693. The number of carbonyl (C=O) groups excluding carboxylic acids is 1. The maximum Gasteiger partial charge on any atom is 0.339 e. The summed E-state index contributed by atoms with van der Waals surface area (Å²) >= 11 is 0. The predicted octanol–water partition coefficient (Wildman–Crippen LogP) is 3.96. The highest BCUT2D eigenvalue weighted by atomic mass is 16.5. The number of anilines is 1. The topological polar surface area (TPSA) is 38.3 Å². The van der Waals surface area contributed by atoms with Gasteiger partial charge in [0.15, 0.2) is 0 Å². The Balaban J connectivity index is 1.68. The molecular weight excluding hydrogens is 262 g/mol. The quantitative estimate of drug-likeness (QED) is 0.843. The van der Waals surface area contributed by atoms with E-state index < -0.39 is 0 Å². The van der Waals surface area contributed by atoms with Gasteiger partial charge < -0.3 is 10.1 Å². The van der Waals surface area contributed by atoms with Gasteiger partial charge in [0, 0.05) is 12.2 Å². The van der Waals surface area contributed by atoms with Gasteiger partial charge in [-0.1, -0.05) is 36.4 Å². The maximum absolute atomic E-state index is 11.7. The minimum Gasteiger partial charge on any atom is -0.465 e. The van der Waals surface area contributed by atoms with Gasteiger partial charge in [0.05, 0.1) is 12.7 Å². The van der Waals surface area contributed by atoms with E-state index in [1.165, 1.54) is 31.1 Å². The Morgan fingerprint density at radius 3 is 2.52 bits per heavy atom. The largest absolute Gasteiger partial charge is 0.465 e. The first-order chi connectivity index (χ1) is 10.3. The molecule has 1 aliphatic carbocycles.